The monoisotopic (exact) mass is 473 g/mol. The summed E-state index contributed by atoms with van der Waals surface area (Å²) in [5, 5.41) is 12.5. The highest BCUT2D eigenvalue weighted by atomic mass is 35.5. The lowest BCUT2D eigenvalue weighted by Crippen LogP contribution is -2.41. The molecule has 0 aromatic heterocycles. The van der Waals surface area contributed by atoms with E-state index in [9.17, 15) is 18.5 Å². The first kappa shape index (κ1) is 22.6. The van der Waals surface area contributed by atoms with E-state index >= 15 is 0 Å². The first-order valence-corrected chi connectivity index (χ1v) is 12.3. The lowest BCUT2D eigenvalue weighted by atomic mass is 9.96. The van der Waals surface area contributed by atoms with Crippen LogP contribution in [0.25, 0.3) is 0 Å². The summed E-state index contributed by atoms with van der Waals surface area (Å²) in [5.74, 6) is -0.171. The second-order valence-corrected chi connectivity index (χ2v) is 10.6. The van der Waals surface area contributed by atoms with Gasteiger partial charge in [-0.2, -0.15) is 9.57 Å². The zero-order valence-corrected chi connectivity index (χ0v) is 19.2. The van der Waals surface area contributed by atoms with Gasteiger partial charge >= 0.3 is 0 Å². The molecule has 4 rings (SSSR count). The summed E-state index contributed by atoms with van der Waals surface area (Å²) in [6.45, 7) is 0.472. The van der Waals surface area contributed by atoms with Gasteiger partial charge in [0, 0.05) is 29.7 Å². The van der Waals surface area contributed by atoms with E-state index in [4.69, 9.17) is 16.3 Å². The Kier molecular flexibility index (Phi) is 6.17. The molecule has 32 heavy (non-hydrogen) atoms. The molecule has 0 radical (unpaired) electrons. The zero-order valence-electron chi connectivity index (χ0n) is 17.7. The number of methoxy groups -OCH3 is 1. The number of halogens is 1. The fourth-order valence-corrected chi connectivity index (χ4v) is 5.94. The summed E-state index contributed by atoms with van der Waals surface area (Å²) in [7, 11) is -2.37. The van der Waals surface area contributed by atoms with Crippen LogP contribution in [0.3, 0.4) is 0 Å². The topological polar surface area (TPSA) is 99.5 Å². The van der Waals surface area contributed by atoms with Crippen molar-refractivity contribution in [3.63, 3.8) is 0 Å². The lowest BCUT2D eigenvalue weighted by molar-refractivity contribution is -0.120. The molecule has 1 heterocycles. The van der Waals surface area contributed by atoms with Gasteiger partial charge in [-0.1, -0.05) is 23.7 Å². The summed E-state index contributed by atoms with van der Waals surface area (Å²) in [4.78, 5) is 12.7. The Bertz CT molecular complexity index is 1160. The van der Waals surface area contributed by atoms with E-state index in [1.807, 2.05) is 24.3 Å². The van der Waals surface area contributed by atoms with Crippen molar-refractivity contribution in [2.75, 3.05) is 25.5 Å². The number of nitriles is 1. The number of amides is 1. The van der Waals surface area contributed by atoms with Gasteiger partial charge < -0.3 is 10.1 Å². The van der Waals surface area contributed by atoms with Crippen LogP contribution in [0.15, 0.2) is 47.4 Å². The van der Waals surface area contributed by atoms with Crippen molar-refractivity contribution in [1.29, 1.82) is 5.26 Å². The Labute approximate surface area is 193 Å². The number of benzene rings is 2. The minimum atomic E-state index is -3.78. The second-order valence-electron chi connectivity index (χ2n) is 8.23. The SMILES string of the molecule is COc1ccc(Cl)cc1S(=O)(=O)N1CCC(C(=O)Nc2ccc(C3(C#N)CC3)cc2)CC1. The predicted molar refractivity (Wildman–Crippen MR) is 121 cm³/mol. The third kappa shape index (κ3) is 4.33. The fourth-order valence-electron chi connectivity index (χ4n) is 4.06. The Balaban J connectivity index is 1.38. The van der Waals surface area contributed by atoms with E-state index < -0.39 is 10.0 Å². The predicted octanol–water partition coefficient (Wildman–Crippen LogP) is 3.94. The minimum absolute atomic E-state index is 0.0290. The Hall–Kier alpha value is -2.60. The summed E-state index contributed by atoms with van der Waals surface area (Å²) < 4.78 is 32.8. The van der Waals surface area contributed by atoms with E-state index in [0.29, 0.717) is 23.6 Å². The highest BCUT2D eigenvalue weighted by Gasteiger charge is 2.44. The number of ether oxygens (including phenoxy) is 1. The Morgan fingerprint density at radius 1 is 1.19 bits per heavy atom. The maximum absolute atomic E-state index is 13.1. The fraction of sp³-hybridized carbons (Fsp3) is 0.391. The smallest absolute Gasteiger partial charge is 0.246 e. The number of hydrogen-bond donors (Lipinski definition) is 1. The number of sulfonamides is 1. The molecule has 1 N–H and O–H groups in total. The molecule has 9 heteroatoms. The van der Waals surface area contributed by atoms with Crippen molar-refractivity contribution in [2.45, 2.75) is 36.0 Å². The highest BCUT2D eigenvalue weighted by Crippen LogP contribution is 2.47. The van der Waals surface area contributed by atoms with E-state index in [-0.39, 0.29) is 41.0 Å². The van der Waals surface area contributed by atoms with Crippen molar-refractivity contribution in [3.8, 4) is 11.8 Å². The number of carbonyl (C=O) groups excluding carboxylic acids is 1. The molecular weight excluding hydrogens is 450 g/mol. The first-order chi connectivity index (χ1) is 15.3. The van der Waals surface area contributed by atoms with Crippen LogP contribution in [-0.4, -0.2) is 38.8 Å². The molecule has 1 aliphatic carbocycles. The molecule has 1 amide bonds. The number of rotatable bonds is 6. The second kappa shape index (κ2) is 8.74. The van der Waals surface area contributed by atoms with Gasteiger partial charge in [-0.25, -0.2) is 8.42 Å². The molecule has 2 fully saturated rings. The van der Waals surface area contributed by atoms with Crippen LogP contribution in [0.4, 0.5) is 5.69 Å². The van der Waals surface area contributed by atoms with Gasteiger partial charge in [-0.15, -0.1) is 0 Å². The number of nitrogens with one attached hydrogen (secondary N) is 1. The maximum Gasteiger partial charge on any atom is 0.246 e. The van der Waals surface area contributed by atoms with E-state index in [0.717, 1.165) is 18.4 Å². The van der Waals surface area contributed by atoms with Crippen molar-refractivity contribution >= 4 is 33.2 Å². The molecular formula is C23H24ClN3O4S. The van der Waals surface area contributed by atoms with Crippen molar-refractivity contribution in [2.24, 2.45) is 5.92 Å². The molecule has 1 saturated carbocycles. The van der Waals surface area contributed by atoms with Gasteiger partial charge in [-0.05, 0) is 61.6 Å². The van der Waals surface area contributed by atoms with E-state index in [1.165, 1.54) is 23.5 Å². The zero-order chi connectivity index (χ0) is 22.9. The standard InChI is InChI=1S/C23H24ClN3O4S/c1-31-20-7-4-18(24)14-21(20)32(29,30)27-12-8-16(9-13-27)22(28)26-19-5-2-17(3-6-19)23(15-25)10-11-23/h2-7,14,16H,8-13H2,1H3,(H,26,28). The van der Waals surface area contributed by atoms with Crippen LogP contribution < -0.4 is 10.1 Å². The van der Waals surface area contributed by atoms with Crippen molar-refractivity contribution in [3.05, 3.63) is 53.1 Å². The molecule has 168 valence electrons. The van der Waals surface area contributed by atoms with Gasteiger partial charge in [0.05, 0.1) is 18.6 Å². The summed E-state index contributed by atoms with van der Waals surface area (Å²) >= 11 is 6.00. The molecule has 0 unspecified atom stereocenters. The van der Waals surface area contributed by atoms with Gasteiger partial charge in [0.15, 0.2) is 0 Å². The molecule has 0 atom stereocenters. The normalized spacial score (nSPS) is 18.5. The van der Waals surface area contributed by atoms with Gasteiger partial charge in [0.1, 0.15) is 10.6 Å². The quantitative estimate of drug-likeness (QED) is 0.684. The Morgan fingerprint density at radius 2 is 1.84 bits per heavy atom. The third-order valence-corrected chi connectivity index (χ3v) is 8.39. The van der Waals surface area contributed by atoms with Gasteiger partial charge in [-0.3, -0.25) is 4.79 Å². The third-order valence-electron chi connectivity index (χ3n) is 6.24. The van der Waals surface area contributed by atoms with Gasteiger partial charge in [0.2, 0.25) is 15.9 Å². The van der Waals surface area contributed by atoms with Crippen LogP contribution in [0.5, 0.6) is 5.75 Å². The highest BCUT2D eigenvalue weighted by molar-refractivity contribution is 7.89. The molecule has 1 aliphatic heterocycles. The molecule has 1 saturated heterocycles. The number of hydrogen-bond acceptors (Lipinski definition) is 5. The minimum Gasteiger partial charge on any atom is -0.495 e. The molecule has 7 nitrogen and oxygen atoms in total. The molecule has 2 aromatic carbocycles. The first-order valence-electron chi connectivity index (χ1n) is 10.5. The number of carbonyl (C=O) groups is 1. The Morgan fingerprint density at radius 3 is 2.41 bits per heavy atom. The summed E-state index contributed by atoms with van der Waals surface area (Å²) in [5.41, 5.74) is 1.30. The molecule has 0 spiro atoms. The molecule has 0 bridgehead atoms. The number of nitrogens with zero attached hydrogens (tertiary/aromatic N) is 2. The molecule has 2 aromatic rings. The summed E-state index contributed by atoms with van der Waals surface area (Å²) in [6.07, 6.45) is 2.59. The van der Waals surface area contributed by atoms with Crippen molar-refractivity contribution < 1.29 is 17.9 Å². The number of piperidine rings is 1. The van der Waals surface area contributed by atoms with E-state index in [2.05, 4.69) is 11.4 Å². The van der Waals surface area contributed by atoms with Crippen LogP contribution in [0.1, 0.15) is 31.2 Å². The summed E-state index contributed by atoms with van der Waals surface area (Å²) in [6, 6.07) is 14.3. The van der Waals surface area contributed by atoms with Crippen LogP contribution in [0.2, 0.25) is 5.02 Å². The van der Waals surface area contributed by atoms with Crippen LogP contribution in [0, 0.1) is 17.2 Å². The average Bonchev–Trinajstić information content (AvgIpc) is 3.61. The largest absolute Gasteiger partial charge is 0.495 e. The molecule has 2 aliphatic rings. The number of anilines is 1. The van der Waals surface area contributed by atoms with E-state index in [1.54, 1.807) is 6.07 Å². The van der Waals surface area contributed by atoms with Crippen LogP contribution in [-0.2, 0) is 20.2 Å². The van der Waals surface area contributed by atoms with Gasteiger partial charge in [0.25, 0.3) is 0 Å². The van der Waals surface area contributed by atoms with Crippen molar-refractivity contribution in [1.82, 2.24) is 4.31 Å². The lowest BCUT2D eigenvalue weighted by Gasteiger charge is -2.31. The maximum atomic E-state index is 13.1. The average molecular weight is 474 g/mol. The van der Waals surface area contributed by atoms with Crippen LogP contribution >= 0.6 is 11.6 Å².